The van der Waals surface area contributed by atoms with Crippen molar-refractivity contribution in [2.75, 3.05) is 23.4 Å². The topological polar surface area (TPSA) is 50.3 Å². The number of rotatable bonds is 8. The average Bonchev–Trinajstić information content (AvgIpc) is 3.17. The lowest BCUT2D eigenvalue weighted by Crippen LogP contribution is -2.34. The summed E-state index contributed by atoms with van der Waals surface area (Å²) < 4.78 is 46.0. The van der Waals surface area contributed by atoms with Gasteiger partial charge in [0.15, 0.2) is 11.6 Å². The molecule has 0 amide bonds. The van der Waals surface area contributed by atoms with Gasteiger partial charge in [-0.05, 0) is 24.1 Å². The Morgan fingerprint density at radius 2 is 1.84 bits per heavy atom. The molecule has 32 heavy (non-hydrogen) atoms. The van der Waals surface area contributed by atoms with Crippen LogP contribution in [-0.2, 0) is 17.9 Å². The standard InChI is InChI=1S/C23H23F3N4OS/c24-19-10-21(26)20(25)8-16(19)13-31-14-17-9-18(32)12-30(17)22-6-7-27-23(29-22)28-11-15-4-2-1-3-5-15/h1-8,10,17-18,32H,9,11-14H2,(H,27,28,29)/t17-,18+/m0/s1. The molecular formula is C23H23F3N4OS. The summed E-state index contributed by atoms with van der Waals surface area (Å²) in [5, 5.41) is 3.35. The van der Waals surface area contributed by atoms with Crippen molar-refractivity contribution in [3.05, 3.63) is 83.3 Å². The number of halogens is 3. The van der Waals surface area contributed by atoms with Gasteiger partial charge in [0.05, 0.1) is 19.3 Å². The van der Waals surface area contributed by atoms with Crippen LogP contribution in [0.4, 0.5) is 24.9 Å². The Bertz CT molecular complexity index is 1060. The highest BCUT2D eigenvalue weighted by Crippen LogP contribution is 2.28. The molecule has 0 bridgehead atoms. The summed E-state index contributed by atoms with van der Waals surface area (Å²) >= 11 is 4.60. The van der Waals surface area contributed by atoms with E-state index in [2.05, 4.69) is 32.8 Å². The van der Waals surface area contributed by atoms with E-state index in [-0.39, 0.29) is 30.1 Å². The fraction of sp³-hybridized carbons (Fsp3) is 0.304. The Hall–Kier alpha value is -2.78. The summed E-state index contributed by atoms with van der Waals surface area (Å²) in [4.78, 5) is 11.0. The molecule has 1 N–H and O–H groups in total. The molecule has 1 aromatic heterocycles. The lowest BCUT2D eigenvalue weighted by molar-refractivity contribution is 0.106. The molecule has 0 aliphatic carbocycles. The molecule has 0 unspecified atom stereocenters. The fourth-order valence-electron chi connectivity index (χ4n) is 3.68. The van der Waals surface area contributed by atoms with Gasteiger partial charge in [0.2, 0.25) is 5.95 Å². The Balaban J connectivity index is 1.38. The van der Waals surface area contributed by atoms with Gasteiger partial charge in [-0.2, -0.15) is 17.6 Å². The Morgan fingerprint density at radius 1 is 1.06 bits per heavy atom. The molecule has 1 fully saturated rings. The van der Waals surface area contributed by atoms with Gasteiger partial charge in [-0.3, -0.25) is 0 Å². The monoisotopic (exact) mass is 460 g/mol. The number of aromatic nitrogens is 2. The van der Waals surface area contributed by atoms with Gasteiger partial charge in [0.1, 0.15) is 11.6 Å². The number of anilines is 2. The summed E-state index contributed by atoms with van der Waals surface area (Å²) in [5.41, 5.74) is 1.10. The summed E-state index contributed by atoms with van der Waals surface area (Å²) in [6, 6.07) is 13.1. The predicted octanol–water partition coefficient (Wildman–Crippen LogP) is 4.60. The molecule has 0 saturated carbocycles. The predicted molar refractivity (Wildman–Crippen MR) is 120 cm³/mol. The van der Waals surface area contributed by atoms with Crippen molar-refractivity contribution in [2.45, 2.75) is 30.9 Å². The van der Waals surface area contributed by atoms with Crippen LogP contribution in [0.15, 0.2) is 54.7 Å². The van der Waals surface area contributed by atoms with Crippen LogP contribution >= 0.6 is 12.6 Å². The van der Waals surface area contributed by atoms with Crippen LogP contribution in [0, 0.1) is 17.5 Å². The summed E-state index contributed by atoms with van der Waals surface area (Å²) in [7, 11) is 0. The van der Waals surface area contributed by atoms with Crippen molar-refractivity contribution >= 4 is 24.4 Å². The number of thiol groups is 1. The molecular weight excluding hydrogens is 437 g/mol. The number of nitrogens with zero attached hydrogens (tertiary/aromatic N) is 3. The third-order valence-electron chi connectivity index (χ3n) is 5.28. The summed E-state index contributed by atoms with van der Waals surface area (Å²) in [5.74, 6) is -1.90. The second-order valence-electron chi connectivity index (χ2n) is 7.65. The molecule has 168 valence electrons. The quantitative estimate of drug-likeness (QED) is 0.380. The second kappa shape index (κ2) is 10.2. The van der Waals surface area contributed by atoms with Gasteiger partial charge in [-0.25, -0.2) is 18.2 Å². The van der Waals surface area contributed by atoms with Crippen molar-refractivity contribution in [3.63, 3.8) is 0 Å². The minimum Gasteiger partial charge on any atom is -0.375 e. The van der Waals surface area contributed by atoms with E-state index in [1.165, 1.54) is 0 Å². The van der Waals surface area contributed by atoms with Crippen LogP contribution in [-0.4, -0.2) is 34.4 Å². The SMILES string of the molecule is Fc1cc(F)c(COC[C@@H]2C[C@@H](S)CN2c2ccnc(NCc3ccccc3)n2)cc1F. The first-order chi connectivity index (χ1) is 15.5. The first-order valence-electron chi connectivity index (χ1n) is 10.3. The number of benzene rings is 2. The zero-order valence-corrected chi connectivity index (χ0v) is 18.1. The van der Waals surface area contributed by atoms with E-state index in [0.29, 0.717) is 25.1 Å². The van der Waals surface area contributed by atoms with Gasteiger partial charge >= 0.3 is 0 Å². The molecule has 2 aromatic carbocycles. The summed E-state index contributed by atoms with van der Waals surface area (Å²) in [6.45, 7) is 1.39. The van der Waals surface area contributed by atoms with Gasteiger partial charge in [0, 0.05) is 36.2 Å². The van der Waals surface area contributed by atoms with Gasteiger partial charge < -0.3 is 15.0 Å². The Kier molecular flexibility index (Phi) is 7.16. The zero-order valence-electron chi connectivity index (χ0n) is 17.2. The number of nitrogens with one attached hydrogen (secondary N) is 1. The number of hydrogen-bond acceptors (Lipinski definition) is 6. The molecule has 5 nitrogen and oxygen atoms in total. The lowest BCUT2D eigenvalue weighted by atomic mass is 10.2. The highest BCUT2D eigenvalue weighted by atomic mass is 32.1. The molecule has 1 aliphatic heterocycles. The highest BCUT2D eigenvalue weighted by Gasteiger charge is 2.31. The number of hydrogen-bond donors (Lipinski definition) is 2. The third-order valence-corrected chi connectivity index (χ3v) is 5.65. The van der Waals surface area contributed by atoms with E-state index in [1.807, 2.05) is 36.4 Å². The molecule has 9 heteroatoms. The van der Waals surface area contributed by atoms with Crippen LogP contribution in [0.2, 0.25) is 0 Å². The van der Waals surface area contributed by atoms with Crippen LogP contribution in [0.3, 0.4) is 0 Å². The lowest BCUT2D eigenvalue weighted by Gasteiger charge is -2.25. The molecule has 1 aliphatic rings. The van der Waals surface area contributed by atoms with Crippen LogP contribution in [0.5, 0.6) is 0 Å². The van der Waals surface area contributed by atoms with Crippen molar-refractivity contribution in [2.24, 2.45) is 0 Å². The third kappa shape index (κ3) is 5.52. The second-order valence-corrected chi connectivity index (χ2v) is 8.38. The van der Waals surface area contributed by atoms with Gasteiger partial charge in [-0.1, -0.05) is 30.3 Å². The molecule has 0 radical (unpaired) electrons. The minimum atomic E-state index is -1.22. The van der Waals surface area contributed by atoms with Crippen LogP contribution in [0.1, 0.15) is 17.5 Å². The highest BCUT2D eigenvalue weighted by molar-refractivity contribution is 7.81. The van der Waals surface area contributed by atoms with Gasteiger partial charge in [-0.15, -0.1) is 0 Å². The van der Waals surface area contributed by atoms with Crippen molar-refractivity contribution in [1.82, 2.24) is 9.97 Å². The van der Waals surface area contributed by atoms with Crippen LogP contribution in [0.25, 0.3) is 0 Å². The minimum absolute atomic E-state index is 0.0229. The normalized spacial score (nSPS) is 18.2. The molecule has 1 saturated heterocycles. The van der Waals surface area contributed by atoms with E-state index < -0.39 is 17.5 Å². The maximum Gasteiger partial charge on any atom is 0.224 e. The maximum atomic E-state index is 13.8. The largest absolute Gasteiger partial charge is 0.375 e. The van der Waals surface area contributed by atoms with Crippen molar-refractivity contribution < 1.29 is 17.9 Å². The average molecular weight is 461 g/mol. The Labute approximate surface area is 190 Å². The summed E-state index contributed by atoms with van der Waals surface area (Å²) in [6.07, 6.45) is 2.44. The van der Waals surface area contributed by atoms with Gasteiger partial charge in [0.25, 0.3) is 0 Å². The Morgan fingerprint density at radius 3 is 2.66 bits per heavy atom. The molecule has 2 atom stereocenters. The van der Waals surface area contributed by atoms with E-state index in [9.17, 15) is 13.2 Å². The van der Waals surface area contributed by atoms with Crippen molar-refractivity contribution in [3.8, 4) is 0 Å². The van der Waals surface area contributed by atoms with Crippen molar-refractivity contribution in [1.29, 1.82) is 0 Å². The molecule has 2 heterocycles. The van der Waals surface area contributed by atoms with E-state index in [4.69, 9.17) is 4.74 Å². The molecule has 4 rings (SSSR count). The van der Waals surface area contributed by atoms with E-state index >= 15 is 0 Å². The van der Waals surface area contributed by atoms with E-state index in [0.717, 1.165) is 23.9 Å². The fourth-order valence-corrected chi connectivity index (χ4v) is 4.10. The first-order valence-corrected chi connectivity index (χ1v) is 10.8. The molecule has 3 aromatic rings. The molecule has 0 spiro atoms. The van der Waals surface area contributed by atoms with Crippen LogP contribution < -0.4 is 10.2 Å². The smallest absolute Gasteiger partial charge is 0.224 e. The van der Waals surface area contributed by atoms with E-state index in [1.54, 1.807) is 6.20 Å². The first kappa shape index (κ1) is 22.4. The zero-order chi connectivity index (χ0) is 22.5. The number of ether oxygens (including phenoxy) is 1. The maximum absolute atomic E-state index is 13.8.